The topological polar surface area (TPSA) is 111 Å². The van der Waals surface area contributed by atoms with Crippen LogP contribution in [-0.4, -0.2) is 49.1 Å². The van der Waals surface area contributed by atoms with Gasteiger partial charge >= 0.3 is 5.69 Å². The largest absolute Gasteiger partial charge is 0.387 e. The Hall–Kier alpha value is -1.22. The zero-order chi connectivity index (χ0) is 14.0. The van der Waals surface area contributed by atoms with Gasteiger partial charge in [-0.15, -0.1) is 11.6 Å². The summed E-state index contributed by atoms with van der Waals surface area (Å²) >= 11 is 6.00. The Labute approximate surface area is 111 Å². The zero-order valence-electron chi connectivity index (χ0n) is 9.53. The molecule has 7 nitrogen and oxygen atoms in total. The van der Waals surface area contributed by atoms with Gasteiger partial charge in [-0.2, -0.15) is 4.98 Å². The molecule has 1 aliphatic carbocycles. The van der Waals surface area contributed by atoms with E-state index in [0.717, 1.165) is 4.57 Å². The lowest BCUT2D eigenvalue weighted by atomic mass is 10.2. The number of nitrogens with zero attached hydrogens (tertiary/aromatic N) is 2. The summed E-state index contributed by atoms with van der Waals surface area (Å²) in [7, 11) is 0. The molecule has 3 rings (SSSR count). The monoisotopic (exact) mass is 291 g/mol. The van der Waals surface area contributed by atoms with Gasteiger partial charge in [-0.25, -0.2) is 9.18 Å². The van der Waals surface area contributed by atoms with Crippen LogP contribution in [0.15, 0.2) is 17.1 Å². The van der Waals surface area contributed by atoms with Crippen molar-refractivity contribution in [3.05, 3.63) is 22.7 Å². The van der Waals surface area contributed by atoms with Crippen LogP contribution in [0.25, 0.3) is 0 Å². The number of halogens is 2. The number of anilines is 1. The summed E-state index contributed by atoms with van der Waals surface area (Å²) in [5.41, 5.74) is 0.936. The lowest BCUT2D eigenvalue weighted by molar-refractivity contribution is -0.0756. The number of ether oxygens (including phenoxy) is 1. The van der Waals surface area contributed by atoms with Crippen molar-refractivity contribution in [1.29, 1.82) is 0 Å². The molecule has 104 valence electrons. The van der Waals surface area contributed by atoms with Gasteiger partial charge < -0.3 is 20.7 Å². The van der Waals surface area contributed by atoms with Crippen LogP contribution in [-0.2, 0) is 4.74 Å². The standard InChI is InChI=1S/C10H11ClFN3O4/c11-5-6(15-2-1-4(13)14-8(15)17)19-9(3-12)7(16)10(5,9)18/h1-2,5-7,16,18H,3H2,(H2,13,14,17)/t5-,6+,7?,9+,10+/m0/s1. The molecule has 1 unspecified atom stereocenters. The first-order valence-electron chi connectivity index (χ1n) is 5.51. The molecular weight excluding hydrogens is 281 g/mol. The molecule has 2 aliphatic rings. The number of aromatic nitrogens is 2. The van der Waals surface area contributed by atoms with Crippen molar-refractivity contribution in [2.75, 3.05) is 12.4 Å². The van der Waals surface area contributed by atoms with Crippen molar-refractivity contribution in [1.82, 2.24) is 9.55 Å². The summed E-state index contributed by atoms with van der Waals surface area (Å²) in [6.45, 7) is -1.11. The second-order valence-electron chi connectivity index (χ2n) is 4.70. The number of nitrogens with two attached hydrogens (primary N) is 1. The van der Waals surface area contributed by atoms with Gasteiger partial charge in [-0.3, -0.25) is 4.57 Å². The number of aliphatic hydroxyl groups excluding tert-OH is 1. The third kappa shape index (κ3) is 1.32. The predicted molar refractivity (Wildman–Crippen MR) is 62.3 cm³/mol. The molecule has 0 bridgehead atoms. The summed E-state index contributed by atoms with van der Waals surface area (Å²) in [6, 6.07) is 1.35. The highest BCUT2D eigenvalue weighted by atomic mass is 35.5. The van der Waals surface area contributed by atoms with Crippen LogP contribution in [0.1, 0.15) is 6.23 Å². The molecule has 0 aromatic carbocycles. The Morgan fingerprint density at radius 2 is 2.37 bits per heavy atom. The maximum absolute atomic E-state index is 13.0. The predicted octanol–water partition coefficient (Wildman–Crippen LogP) is -1.22. The number of alkyl halides is 2. The molecule has 1 aliphatic heterocycles. The van der Waals surface area contributed by atoms with Crippen molar-refractivity contribution in [2.45, 2.75) is 28.9 Å². The summed E-state index contributed by atoms with van der Waals surface area (Å²) in [5.74, 6) is 0.0227. The lowest BCUT2D eigenvalue weighted by Gasteiger charge is -2.22. The Balaban J connectivity index is 2.00. The van der Waals surface area contributed by atoms with E-state index in [1.807, 2.05) is 0 Å². The van der Waals surface area contributed by atoms with E-state index < -0.39 is 41.3 Å². The fourth-order valence-corrected chi connectivity index (χ4v) is 3.04. The molecule has 0 radical (unpaired) electrons. The minimum absolute atomic E-state index is 0.0227. The van der Waals surface area contributed by atoms with E-state index in [4.69, 9.17) is 22.1 Å². The van der Waals surface area contributed by atoms with Crippen LogP contribution >= 0.6 is 11.6 Å². The van der Waals surface area contributed by atoms with Crippen LogP contribution in [0.2, 0.25) is 0 Å². The molecule has 0 spiro atoms. The van der Waals surface area contributed by atoms with Crippen molar-refractivity contribution < 1.29 is 19.3 Å². The summed E-state index contributed by atoms with van der Waals surface area (Å²) < 4.78 is 19.3. The molecule has 2 fully saturated rings. The molecule has 1 saturated heterocycles. The third-order valence-corrected chi connectivity index (χ3v) is 4.33. The van der Waals surface area contributed by atoms with Crippen molar-refractivity contribution in [2.24, 2.45) is 0 Å². The summed E-state index contributed by atoms with van der Waals surface area (Å²) in [4.78, 5) is 15.2. The molecule has 1 saturated carbocycles. The van der Waals surface area contributed by atoms with E-state index >= 15 is 0 Å². The Morgan fingerprint density at radius 1 is 1.68 bits per heavy atom. The molecular formula is C10H11ClFN3O4. The van der Waals surface area contributed by atoms with Gasteiger partial charge in [0.15, 0.2) is 11.8 Å². The van der Waals surface area contributed by atoms with Gasteiger partial charge in [-0.1, -0.05) is 0 Å². The second-order valence-corrected chi connectivity index (χ2v) is 5.17. The number of rotatable bonds is 2. The number of hydrogen-bond donors (Lipinski definition) is 3. The maximum atomic E-state index is 13.0. The fourth-order valence-electron chi connectivity index (χ4n) is 2.56. The minimum atomic E-state index is -1.91. The van der Waals surface area contributed by atoms with E-state index in [2.05, 4.69) is 4.98 Å². The SMILES string of the molecule is Nc1ccn([C@@H]2O[C@]3(CF)C(O)[C@]3(O)[C@H]2Cl)c(=O)n1. The maximum Gasteiger partial charge on any atom is 0.351 e. The smallest absolute Gasteiger partial charge is 0.351 e. The van der Waals surface area contributed by atoms with Crippen molar-refractivity contribution in [3.8, 4) is 0 Å². The molecule has 9 heteroatoms. The number of fused-ring (bicyclic) bond motifs is 1. The summed E-state index contributed by atoms with van der Waals surface area (Å²) in [6.07, 6.45) is -1.25. The van der Waals surface area contributed by atoms with Gasteiger partial charge in [0.2, 0.25) is 0 Å². The number of aliphatic hydroxyl groups is 2. The van der Waals surface area contributed by atoms with Crippen LogP contribution in [0.4, 0.5) is 10.2 Å². The highest BCUT2D eigenvalue weighted by Crippen LogP contribution is 2.64. The lowest BCUT2D eigenvalue weighted by Crippen LogP contribution is -2.37. The van der Waals surface area contributed by atoms with Crippen molar-refractivity contribution in [3.63, 3.8) is 0 Å². The average Bonchev–Trinajstić information content (AvgIpc) is 2.73. The first-order valence-corrected chi connectivity index (χ1v) is 5.95. The van der Waals surface area contributed by atoms with Gasteiger partial charge in [0.1, 0.15) is 29.6 Å². The van der Waals surface area contributed by atoms with Crippen LogP contribution in [0, 0.1) is 0 Å². The van der Waals surface area contributed by atoms with Gasteiger partial charge in [0.25, 0.3) is 0 Å². The Morgan fingerprint density at radius 3 is 2.89 bits per heavy atom. The van der Waals surface area contributed by atoms with Gasteiger partial charge in [0.05, 0.1) is 0 Å². The van der Waals surface area contributed by atoms with Crippen molar-refractivity contribution >= 4 is 17.4 Å². The van der Waals surface area contributed by atoms with Crippen LogP contribution < -0.4 is 11.4 Å². The quantitative estimate of drug-likeness (QED) is 0.589. The van der Waals surface area contributed by atoms with E-state index in [0.29, 0.717) is 0 Å². The number of nitrogen functional groups attached to an aromatic ring is 1. The molecule has 1 aromatic rings. The highest BCUT2D eigenvalue weighted by molar-refractivity contribution is 6.22. The first-order chi connectivity index (χ1) is 8.88. The molecule has 5 atom stereocenters. The normalized spacial score (nSPS) is 44.1. The fraction of sp³-hybridized carbons (Fsp3) is 0.600. The Kier molecular flexibility index (Phi) is 2.47. The van der Waals surface area contributed by atoms with E-state index in [1.54, 1.807) is 0 Å². The minimum Gasteiger partial charge on any atom is -0.387 e. The van der Waals surface area contributed by atoms with Crippen LogP contribution in [0.5, 0.6) is 0 Å². The second kappa shape index (κ2) is 3.66. The van der Waals surface area contributed by atoms with E-state index in [9.17, 15) is 19.4 Å². The highest BCUT2D eigenvalue weighted by Gasteiger charge is 2.87. The summed E-state index contributed by atoms with van der Waals surface area (Å²) in [5, 5.41) is 18.5. The first kappa shape index (κ1) is 12.8. The van der Waals surface area contributed by atoms with Gasteiger partial charge in [-0.05, 0) is 6.07 Å². The Bertz CT molecular complexity index is 594. The van der Waals surface area contributed by atoms with Gasteiger partial charge in [0, 0.05) is 6.20 Å². The molecule has 1 aromatic heterocycles. The molecule has 4 N–H and O–H groups in total. The van der Waals surface area contributed by atoms with E-state index in [1.165, 1.54) is 12.3 Å². The molecule has 2 heterocycles. The zero-order valence-corrected chi connectivity index (χ0v) is 10.3. The average molecular weight is 292 g/mol. The molecule has 0 amide bonds. The third-order valence-electron chi connectivity index (χ3n) is 3.78. The van der Waals surface area contributed by atoms with Crippen LogP contribution in [0.3, 0.4) is 0 Å². The van der Waals surface area contributed by atoms with E-state index in [-0.39, 0.29) is 5.82 Å². The molecule has 19 heavy (non-hydrogen) atoms. The number of hydrogen-bond acceptors (Lipinski definition) is 6.